The molecule has 4 heteroatoms. The van der Waals surface area contributed by atoms with Crippen molar-refractivity contribution < 1.29 is 0 Å². The standard InChI is InChI=1S/C10H24N2S2/c1-5-11(6-2)13-9-10-14-12(7-3)8-4/h5-10H2,1-4H3. The fourth-order valence-corrected chi connectivity index (χ4v) is 2.99. The van der Waals surface area contributed by atoms with Gasteiger partial charge in [-0.1, -0.05) is 51.6 Å². The molecule has 0 aromatic carbocycles. The van der Waals surface area contributed by atoms with Crippen molar-refractivity contribution >= 4 is 23.9 Å². The molecule has 0 rings (SSSR count). The van der Waals surface area contributed by atoms with Crippen molar-refractivity contribution in [2.75, 3.05) is 37.7 Å². The molecule has 0 aliphatic heterocycles. The largest absolute Gasteiger partial charge is 0.251 e. The van der Waals surface area contributed by atoms with Crippen molar-refractivity contribution in [2.24, 2.45) is 0 Å². The molecule has 86 valence electrons. The van der Waals surface area contributed by atoms with Crippen molar-refractivity contribution in [3.63, 3.8) is 0 Å². The van der Waals surface area contributed by atoms with E-state index in [0.717, 1.165) is 26.2 Å². The van der Waals surface area contributed by atoms with Crippen LogP contribution >= 0.6 is 23.9 Å². The SMILES string of the molecule is CCN(CC)SCCSN(CC)CC. The maximum atomic E-state index is 2.41. The molecular weight excluding hydrogens is 212 g/mol. The molecule has 0 saturated carbocycles. The van der Waals surface area contributed by atoms with Gasteiger partial charge in [-0.05, 0) is 0 Å². The second kappa shape index (κ2) is 10.1. The molecular formula is C10H24N2S2. The van der Waals surface area contributed by atoms with Gasteiger partial charge in [-0.15, -0.1) is 0 Å². The Hall–Kier alpha value is 0.620. The van der Waals surface area contributed by atoms with Gasteiger partial charge in [-0.2, -0.15) is 0 Å². The van der Waals surface area contributed by atoms with Crippen LogP contribution in [-0.4, -0.2) is 46.3 Å². The predicted octanol–water partition coefficient (Wildman–Crippen LogP) is 2.97. The number of hydrogen-bond donors (Lipinski definition) is 0. The highest BCUT2D eigenvalue weighted by atomic mass is 32.2. The van der Waals surface area contributed by atoms with Crippen LogP contribution in [0.1, 0.15) is 27.7 Å². The second-order valence-electron chi connectivity index (χ2n) is 2.89. The van der Waals surface area contributed by atoms with E-state index in [1.54, 1.807) is 0 Å². The van der Waals surface area contributed by atoms with E-state index in [0.29, 0.717) is 0 Å². The van der Waals surface area contributed by atoms with E-state index in [4.69, 9.17) is 0 Å². The molecule has 0 aliphatic carbocycles. The Labute approximate surface area is 98.1 Å². The van der Waals surface area contributed by atoms with Crippen LogP contribution in [0.25, 0.3) is 0 Å². The van der Waals surface area contributed by atoms with Gasteiger partial charge >= 0.3 is 0 Å². The van der Waals surface area contributed by atoms with E-state index in [9.17, 15) is 0 Å². The number of nitrogens with zero attached hydrogens (tertiary/aromatic N) is 2. The van der Waals surface area contributed by atoms with Crippen LogP contribution in [0.3, 0.4) is 0 Å². The maximum absolute atomic E-state index is 2.41. The predicted molar refractivity (Wildman–Crippen MR) is 70.8 cm³/mol. The molecule has 14 heavy (non-hydrogen) atoms. The van der Waals surface area contributed by atoms with Crippen molar-refractivity contribution in [1.82, 2.24) is 8.61 Å². The molecule has 0 unspecified atom stereocenters. The lowest BCUT2D eigenvalue weighted by Crippen LogP contribution is -2.17. The minimum atomic E-state index is 1.15. The zero-order valence-corrected chi connectivity index (χ0v) is 11.6. The van der Waals surface area contributed by atoms with E-state index >= 15 is 0 Å². The highest BCUT2D eigenvalue weighted by Crippen LogP contribution is 2.14. The Balaban J connectivity index is 3.35. The van der Waals surface area contributed by atoms with Crippen molar-refractivity contribution in [2.45, 2.75) is 27.7 Å². The monoisotopic (exact) mass is 236 g/mol. The Morgan fingerprint density at radius 2 is 0.929 bits per heavy atom. The first-order valence-corrected chi connectivity index (χ1v) is 7.42. The topological polar surface area (TPSA) is 6.48 Å². The summed E-state index contributed by atoms with van der Waals surface area (Å²) in [5.74, 6) is 2.45. The lowest BCUT2D eigenvalue weighted by atomic mass is 10.7. The second-order valence-corrected chi connectivity index (χ2v) is 5.26. The van der Waals surface area contributed by atoms with Crippen molar-refractivity contribution in [1.29, 1.82) is 0 Å². The van der Waals surface area contributed by atoms with Gasteiger partial charge in [0.2, 0.25) is 0 Å². The van der Waals surface area contributed by atoms with Crippen LogP contribution in [0.15, 0.2) is 0 Å². The summed E-state index contributed by atoms with van der Waals surface area (Å²) < 4.78 is 4.81. The van der Waals surface area contributed by atoms with Crippen LogP contribution in [0.2, 0.25) is 0 Å². The van der Waals surface area contributed by atoms with E-state index in [2.05, 4.69) is 36.3 Å². The van der Waals surface area contributed by atoms with Gasteiger partial charge in [0.05, 0.1) is 0 Å². The zero-order valence-electron chi connectivity index (χ0n) is 9.95. The molecule has 0 spiro atoms. The third-order valence-electron chi connectivity index (χ3n) is 2.04. The van der Waals surface area contributed by atoms with Crippen LogP contribution in [0.5, 0.6) is 0 Å². The molecule has 0 aromatic heterocycles. The summed E-state index contributed by atoms with van der Waals surface area (Å²) in [6, 6.07) is 0. The Morgan fingerprint density at radius 1 is 0.643 bits per heavy atom. The molecule has 0 amide bonds. The summed E-state index contributed by atoms with van der Waals surface area (Å²) in [5, 5.41) is 0. The molecule has 0 atom stereocenters. The quantitative estimate of drug-likeness (QED) is 0.448. The Kier molecular flexibility index (Phi) is 10.6. The molecule has 0 radical (unpaired) electrons. The average Bonchev–Trinajstić information content (AvgIpc) is 2.24. The maximum Gasteiger partial charge on any atom is 0.0184 e. The number of rotatable bonds is 9. The first-order valence-electron chi connectivity index (χ1n) is 5.54. The van der Waals surface area contributed by atoms with Gasteiger partial charge in [0, 0.05) is 37.7 Å². The van der Waals surface area contributed by atoms with Crippen molar-refractivity contribution in [3.05, 3.63) is 0 Å². The smallest absolute Gasteiger partial charge is 0.0184 e. The fraction of sp³-hybridized carbons (Fsp3) is 1.00. The van der Waals surface area contributed by atoms with Gasteiger partial charge in [0.1, 0.15) is 0 Å². The normalized spacial score (nSPS) is 11.6. The number of hydrogen-bond acceptors (Lipinski definition) is 4. The molecule has 0 bridgehead atoms. The van der Waals surface area contributed by atoms with E-state index in [1.807, 2.05) is 23.9 Å². The summed E-state index contributed by atoms with van der Waals surface area (Å²) in [7, 11) is 0. The highest BCUT2D eigenvalue weighted by molar-refractivity contribution is 8.00. The molecule has 0 fully saturated rings. The zero-order chi connectivity index (χ0) is 10.8. The van der Waals surface area contributed by atoms with Gasteiger partial charge in [0.25, 0.3) is 0 Å². The molecule has 0 aliphatic rings. The van der Waals surface area contributed by atoms with E-state index < -0.39 is 0 Å². The lowest BCUT2D eigenvalue weighted by Gasteiger charge is -2.19. The summed E-state index contributed by atoms with van der Waals surface area (Å²) in [6.07, 6.45) is 0. The fourth-order valence-electron chi connectivity index (χ4n) is 1.15. The molecule has 0 aromatic rings. The summed E-state index contributed by atoms with van der Waals surface area (Å²) in [6.45, 7) is 13.5. The first-order chi connectivity index (χ1) is 6.78. The first kappa shape index (κ1) is 14.6. The van der Waals surface area contributed by atoms with Crippen LogP contribution in [-0.2, 0) is 0 Å². The molecule has 2 nitrogen and oxygen atoms in total. The minimum absolute atomic E-state index is 1.15. The Morgan fingerprint density at radius 3 is 1.14 bits per heavy atom. The minimum Gasteiger partial charge on any atom is -0.251 e. The highest BCUT2D eigenvalue weighted by Gasteiger charge is 2.01. The Bertz CT molecular complexity index is 101. The van der Waals surface area contributed by atoms with Crippen LogP contribution < -0.4 is 0 Å². The average molecular weight is 236 g/mol. The molecule has 0 heterocycles. The summed E-state index contributed by atoms with van der Waals surface area (Å²) in [4.78, 5) is 0. The van der Waals surface area contributed by atoms with E-state index in [1.165, 1.54) is 11.5 Å². The molecule has 0 saturated heterocycles. The van der Waals surface area contributed by atoms with Gasteiger partial charge < -0.3 is 0 Å². The summed E-state index contributed by atoms with van der Waals surface area (Å²) in [5.41, 5.74) is 0. The van der Waals surface area contributed by atoms with Gasteiger partial charge in [-0.25, -0.2) is 0 Å². The van der Waals surface area contributed by atoms with Crippen LogP contribution in [0.4, 0.5) is 0 Å². The van der Waals surface area contributed by atoms with E-state index in [-0.39, 0.29) is 0 Å². The third kappa shape index (κ3) is 6.98. The van der Waals surface area contributed by atoms with Gasteiger partial charge in [0.15, 0.2) is 0 Å². The summed E-state index contributed by atoms with van der Waals surface area (Å²) >= 11 is 3.94. The third-order valence-corrected chi connectivity index (χ3v) is 4.84. The van der Waals surface area contributed by atoms with Gasteiger partial charge in [-0.3, -0.25) is 8.61 Å². The van der Waals surface area contributed by atoms with Crippen molar-refractivity contribution in [3.8, 4) is 0 Å². The van der Waals surface area contributed by atoms with Crippen LogP contribution in [0, 0.1) is 0 Å². The lowest BCUT2D eigenvalue weighted by molar-refractivity contribution is 0.522. The molecule has 0 N–H and O–H groups in total.